The molecule has 0 fully saturated rings. The van der Waals surface area contributed by atoms with E-state index < -0.39 is 10.0 Å². The lowest BCUT2D eigenvalue weighted by molar-refractivity contribution is 0.217. The SMILES string of the molecule is O=S(=O)(c1ccc(O)cc1)N(CCO)CCO. The van der Waals surface area contributed by atoms with E-state index in [4.69, 9.17) is 15.3 Å². The van der Waals surface area contributed by atoms with Crippen LogP contribution in [0.15, 0.2) is 29.2 Å². The van der Waals surface area contributed by atoms with Gasteiger partial charge in [0.05, 0.1) is 18.1 Å². The second-order valence-electron chi connectivity index (χ2n) is 3.35. The van der Waals surface area contributed by atoms with Crippen LogP contribution in [0.25, 0.3) is 0 Å². The molecule has 0 radical (unpaired) electrons. The fraction of sp³-hybridized carbons (Fsp3) is 0.400. The Morgan fingerprint density at radius 1 is 1.00 bits per heavy atom. The van der Waals surface area contributed by atoms with Crippen LogP contribution in [-0.2, 0) is 10.0 Å². The minimum Gasteiger partial charge on any atom is -0.508 e. The molecule has 0 heterocycles. The highest BCUT2D eigenvalue weighted by atomic mass is 32.2. The third-order valence-corrected chi connectivity index (χ3v) is 4.09. The topological polar surface area (TPSA) is 98.1 Å². The summed E-state index contributed by atoms with van der Waals surface area (Å²) < 4.78 is 25.1. The standard InChI is InChI=1S/C10H15NO5S/c12-7-5-11(6-8-13)17(15,16)10-3-1-9(14)2-4-10/h1-4,12-14H,5-8H2. The number of phenolic OH excluding ortho intramolecular Hbond substituents is 1. The molecular weight excluding hydrogens is 246 g/mol. The summed E-state index contributed by atoms with van der Waals surface area (Å²) in [4.78, 5) is 0.0113. The smallest absolute Gasteiger partial charge is 0.243 e. The summed E-state index contributed by atoms with van der Waals surface area (Å²) in [7, 11) is -3.74. The maximum Gasteiger partial charge on any atom is 0.243 e. The Bertz CT molecular complexity index is 436. The molecule has 0 bridgehead atoms. The number of rotatable bonds is 6. The van der Waals surface area contributed by atoms with Crippen LogP contribution in [0.2, 0.25) is 0 Å². The Morgan fingerprint density at radius 2 is 1.47 bits per heavy atom. The monoisotopic (exact) mass is 261 g/mol. The lowest BCUT2D eigenvalue weighted by Crippen LogP contribution is -2.35. The van der Waals surface area contributed by atoms with Crippen molar-refractivity contribution in [2.45, 2.75) is 4.90 Å². The van der Waals surface area contributed by atoms with Gasteiger partial charge in [-0.05, 0) is 24.3 Å². The van der Waals surface area contributed by atoms with Crippen LogP contribution in [0, 0.1) is 0 Å². The Morgan fingerprint density at radius 3 is 1.88 bits per heavy atom. The van der Waals surface area contributed by atoms with Gasteiger partial charge in [-0.15, -0.1) is 0 Å². The van der Waals surface area contributed by atoms with Crippen molar-refractivity contribution in [3.63, 3.8) is 0 Å². The van der Waals surface area contributed by atoms with Gasteiger partial charge in [-0.3, -0.25) is 0 Å². The largest absolute Gasteiger partial charge is 0.508 e. The molecule has 6 nitrogen and oxygen atoms in total. The predicted octanol–water partition coefficient (Wildman–Crippen LogP) is -0.632. The average molecular weight is 261 g/mol. The molecule has 0 aliphatic carbocycles. The molecular formula is C10H15NO5S. The summed E-state index contributed by atoms with van der Waals surface area (Å²) in [6, 6.07) is 5.07. The molecule has 0 saturated heterocycles. The van der Waals surface area contributed by atoms with E-state index in [0.29, 0.717) is 0 Å². The van der Waals surface area contributed by atoms with Gasteiger partial charge in [-0.2, -0.15) is 4.31 Å². The van der Waals surface area contributed by atoms with E-state index in [1.54, 1.807) is 0 Å². The highest BCUT2D eigenvalue weighted by Crippen LogP contribution is 2.18. The van der Waals surface area contributed by atoms with Gasteiger partial charge in [0.2, 0.25) is 10.0 Å². The number of aliphatic hydroxyl groups excluding tert-OH is 2. The third kappa shape index (κ3) is 3.40. The van der Waals surface area contributed by atoms with Gasteiger partial charge in [0.1, 0.15) is 5.75 Å². The summed E-state index contributed by atoms with van der Waals surface area (Å²) in [5.74, 6) is -0.0279. The number of aromatic hydroxyl groups is 1. The van der Waals surface area contributed by atoms with Crippen LogP contribution in [0.5, 0.6) is 5.75 Å². The Balaban J connectivity index is 3.02. The number of hydrogen-bond acceptors (Lipinski definition) is 5. The van der Waals surface area contributed by atoms with Crippen LogP contribution in [-0.4, -0.2) is 54.3 Å². The number of hydrogen-bond donors (Lipinski definition) is 3. The van der Waals surface area contributed by atoms with Gasteiger partial charge in [-0.1, -0.05) is 0 Å². The van der Waals surface area contributed by atoms with Gasteiger partial charge < -0.3 is 15.3 Å². The van der Waals surface area contributed by atoms with Gasteiger partial charge in [0.15, 0.2) is 0 Å². The molecule has 1 aromatic rings. The van der Waals surface area contributed by atoms with E-state index in [-0.39, 0.29) is 36.9 Å². The molecule has 0 aliphatic heterocycles. The van der Waals surface area contributed by atoms with Crippen molar-refractivity contribution < 1.29 is 23.7 Å². The van der Waals surface area contributed by atoms with Crippen molar-refractivity contribution >= 4 is 10.0 Å². The molecule has 1 rings (SSSR count). The summed E-state index contributed by atoms with van der Waals surface area (Å²) in [6.07, 6.45) is 0. The van der Waals surface area contributed by atoms with Gasteiger partial charge in [-0.25, -0.2) is 8.42 Å². The number of phenols is 1. The minimum absolute atomic E-state index is 0.0113. The van der Waals surface area contributed by atoms with Crippen molar-refractivity contribution in [2.24, 2.45) is 0 Å². The van der Waals surface area contributed by atoms with Crippen LogP contribution in [0.4, 0.5) is 0 Å². The molecule has 0 saturated carbocycles. The third-order valence-electron chi connectivity index (χ3n) is 2.17. The highest BCUT2D eigenvalue weighted by Gasteiger charge is 2.23. The fourth-order valence-electron chi connectivity index (χ4n) is 1.34. The molecule has 0 spiro atoms. The zero-order valence-electron chi connectivity index (χ0n) is 9.15. The molecule has 0 atom stereocenters. The van der Waals surface area contributed by atoms with Gasteiger partial charge in [0, 0.05) is 13.1 Å². The molecule has 96 valence electrons. The molecule has 0 aliphatic rings. The van der Waals surface area contributed by atoms with E-state index in [1.807, 2.05) is 0 Å². The average Bonchev–Trinajstić information content (AvgIpc) is 2.29. The second kappa shape index (κ2) is 5.97. The van der Waals surface area contributed by atoms with E-state index >= 15 is 0 Å². The zero-order valence-corrected chi connectivity index (χ0v) is 9.97. The molecule has 1 aromatic carbocycles. The van der Waals surface area contributed by atoms with E-state index in [1.165, 1.54) is 24.3 Å². The first-order chi connectivity index (χ1) is 8.02. The highest BCUT2D eigenvalue weighted by molar-refractivity contribution is 7.89. The Hall–Kier alpha value is -1.15. The first-order valence-corrected chi connectivity index (χ1v) is 6.47. The fourth-order valence-corrected chi connectivity index (χ4v) is 2.76. The first-order valence-electron chi connectivity index (χ1n) is 5.03. The summed E-state index contributed by atoms with van der Waals surface area (Å²) >= 11 is 0. The van der Waals surface area contributed by atoms with E-state index in [9.17, 15) is 8.42 Å². The lowest BCUT2D eigenvalue weighted by atomic mass is 10.3. The van der Waals surface area contributed by atoms with Crippen molar-refractivity contribution in [3.8, 4) is 5.75 Å². The maximum absolute atomic E-state index is 12.0. The van der Waals surface area contributed by atoms with Crippen LogP contribution >= 0.6 is 0 Å². The van der Waals surface area contributed by atoms with E-state index in [0.717, 1.165) is 4.31 Å². The molecule has 7 heteroatoms. The minimum atomic E-state index is -3.74. The quantitative estimate of drug-likeness (QED) is 0.633. The van der Waals surface area contributed by atoms with Gasteiger partial charge >= 0.3 is 0 Å². The maximum atomic E-state index is 12.0. The summed E-state index contributed by atoms with van der Waals surface area (Å²) in [5.41, 5.74) is 0. The molecule has 3 N–H and O–H groups in total. The Kier molecular flexibility index (Phi) is 4.88. The molecule has 0 amide bonds. The van der Waals surface area contributed by atoms with Crippen molar-refractivity contribution in [1.82, 2.24) is 4.31 Å². The summed E-state index contributed by atoms with van der Waals surface area (Å²) in [6.45, 7) is -0.803. The van der Waals surface area contributed by atoms with Crippen molar-refractivity contribution in [1.29, 1.82) is 0 Å². The van der Waals surface area contributed by atoms with Crippen LogP contribution in [0.1, 0.15) is 0 Å². The van der Waals surface area contributed by atoms with Crippen LogP contribution in [0.3, 0.4) is 0 Å². The zero-order chi connectivity index (χ0) is 12.9. The molecule has 17 heavy (non-hydrogen) atoms. The number of nitrogens with zero attached hydrogens (tertiary/aromatic N) is 1. The van der Waals surface area contributed by atoms with Crippen molar-refractivity contribution in [2.75, 3.05) is 26.3 Å². The number of benzene rings is 1. The predicted molar refractivity (Wildman–Crippen MR) is 61.0 cm³/mol. The number of aliphatic hydroxyl groups is 2. The Labute approximate surface area is 99.8 Å². The first kappa shape index (κ1) is 13.9. The van der Waals surface area contributed by atoms with E-state index in [2.05, 4.69) is 0 Å². The van der Waals surface area contributed by atoms with Gasteiger partial charge in [0.25, 0.3) is 0 Å². The van der Waals surface area contributed by atoms with Crippen LogP contribution < -0.4 is 0 Å². The second-order valence-corrected chi connectivity index (χ2v) is 5.28. The van der Waals surface area contributed by atoms with Crippen molar-refractivity contribution in [3.05, 3.63) is 24.3 Å². The molecule has 0 unspecified atom stereocenters. The lowest BCUT2D eigenvalue weighted by Gasteiger charge is -2.20. The normalized spacial score (nSPS) is 11.9. The molecule has 0 aromatic heterocycles. The number of sulfonamides is 1. The summed E-state index contributed by atoms with van der Waals surface area (Å²) in [5, 5.41) is 26.7.